The second-order valence-electron chi connectivity index (χ2n) is 5.64. The average Bonchev–Trinajstić information content (AvgIpc) is 3.38. The number of esters is 1. The molecule has 126 valence electrons. The summed E-state index contributed by atoms with van der Waals surface area (Å²) in [7, 11) is 0. The van der Waals surface area contributed by atoms with E-state index in [2.05, 4.69) is 11.4 Å². The van der Waals surface area contributed by atoms with Gasteiger partial charge in [0.15, 0.2) is 6.61 Å². The monoisotopic (exact) mass is 351 g/mol. The fourth-order valence-corrected chi connectivity index (χ4v) is 2.39. The van der Waals surface area contributed by atoms with Gasteiger partial charge in [-0.3, -0.25) is 14.9 Å². The summed E-state index contributed by atoms with van der Waals surface area (Å²) < 4.78 is 4.83. The van der Waals surface area contributed by atoms with Gasteiger partial charge in [0.25, 0.3) is 11.6 Å². The zero-order valence-corrected chi connectivity index (χ0v) is 13.5. The molecular weight excluding hydrogens is 338 g/mol. The molecule has 1 aliphatic rings. The number of amides is 1. The number of hydrogen-bond acceptors (Lipinski definition) is 6. The zero-order chi connectivity index (χ0) is 17.9. The van der Waals surface area contributed by atoms with Crippen LogP contribution in [0.15, 0.2) is 18.2 Å². The number of rotatable bonds is 6. The van der Waals surface area contributed by atoms with E-state index in [9.17, 15) is 19.7 Å². The molecule has 1 saturated carbocycles. The largest absolute Gasteiger partial charge is 0.452 e. The third-order valence-corrected chi connectivity index (χ3v) is 4.06. The van der Waals surface area contributed by atoms with Crippen molar-refractivity contribution in [3.63, 3.8) is 0 Å². The molecule has 1 aliphatic carbocycles. The van der Waals surface area contributed by atoms with E-state index < -0.39 is 34.6 Å². The molecule has 0 bridgehead atoms. The Morgan fingerprint density at radius 2 is 2.21 bits per heavy atom. The van der Waals surface area contributed by atoms with Crippen molar-refractivity contribution in [1.29, 1.82) is 5.26 Å². The van der Waals surface area contributed by atoms with E-state index in [0.29, 0.717) is 0 Å². The number of carbonyl (C=O) groups is 2. The van der Waals surface area contributed by atoms with Crippen LogP contribution in [-0.2, 0) is 9.53 Å². The van der Waals surface area contributed by atoms with Crippen LogP contribution in [0.4, 0.5) is 5.69 Å². The second kappa shape index (κ2) is 6.84. The molecule has 0 radical (unpaired) electrons. The Kier molecular flexibility index (Phi) is 5.04. The first-order valence-electron chi connectivity index (χ1n) is 7.10. The highest BCUT2D eigenvalue weighted by molar-refractivity contribution is 6.32. The molecule has 1 fully saturated rings. The van der Waals surface area contributed by atoms with E-state index in [0.717, 1.165) is 18.9 Å². The fraction of sp³-hybridized carbons (Fsp3) is 0.400. The minimum Gasteiger partial charge on any atom is -0.452 e. The van der Waals surface area contributed by atoms with Gasteiger partial charge in [0.2, 0.25) is 0 Å². The van der Waals surface area contributed by atoms with Crippen molar-refractivity contribution in [2.24, 2.45) is 5.92 Å². The molecule has 9 heteroatoms. The number of nitriles is 1. The summed E-state index contributed by atoms with van der Waals surface area (Å²) >= 11 is 5.66. The fourth-order valence-electron chi connectivity index (χ4n) is 2.20. The van der Waals surface area contributed by atoms with Gasteiger partial charge in [0.1, 0.15) is 10.6 Å². The molecule has 0 spiro atoms. The van der Waals surface area contributed by atoms with Crippen LogP contribution in [0.25, 0.3) is 0 Å². The van der Waals surface area contributed by atoms with Crippen LogP contribution < -0.4 is 5.32 Å². The zero-order valence-electron chi connectivity index (χ0n) is 12.7. The highest BCUT2D eigenvalue weighted by Gasteiger charge is 2.43. The Labute approximate surface area is 142 Å². The number of nitro benzene ring substituents is 1. The lowest BCUT2D eigenvalue weighted by atomic mass is 9.98. The van der Waals surface area contributed by atoms with Crippen LogP contribution in [0.2, 0.25) is 5.02 Å². The van der Waals surface area contributed by atoms with Crippen LogP contribution in [0, 0.1) is 27.4 Å². The third-order valence-electron chi connectivity index (χ3n) is 3.74. The molecule has 1 N–H and O–H groups in total. The van der Waals surface area contributed by atoms with Crippen molar-refractivity contribution >= 4 is 29.2 Å². The molecule has 1 amide bonds. The molecule has 24 heavy (non-hydrogen) atoms. The summed E-state index contributed by atoms with van der Waals surface area (Å²) in [4.78, 5) is 33.8. The van der Waals surface area contributed by atoms with Crippen LogP contribution in [-0.4, -0.2) is 28.9 Å². The van der Waals surface area contributed by atoms with Gasteiger partial charge < -0.3 is 10.1 Å². The van der Waals surface area contributed by atoms with Crippen molar-refractivity contribution < 1.29 is 19.2 Å². The molecule has 0 aromatic heterocycles. The van der Waals surface area contributed by atoms with E-state index in [1.165, 1.54) is 12.1 Å². The van der Waals surface area contributed by atoms with Crippen LogP contribution in [0.5, 0.6) is 0 Å². The Balaban J connectivity index is 1.96. The predicted molar refractivity (Wildman–Crippen MR) is 83.3 cm³/mol. The molecule has 0 heterocycles. The molecule has 0 unspecified atom stereocenters. The van der Waals surface area contributed by atoms with Gasteiger partial charge in [0.05, 0.1) is 16.6 Å². The standard InChI is InChI=1S/C15H14ClN3O5/c1-15(8-17,10-3-4-10)18-13(20)7-24-14(21)9-2-5-11(16)12(6-9)19(22)23/h2,5-6,10H,3-4,7H2,1H3,(H,18,20)/t15-/m0/s1. The van der Waals surface area contributed by atoms with Gasteiger partial charge in [-0.15, -0.1) is 0 Å². The minimum absolute atomic E-state index is 0.0934. The number of nitrogens with one attached hydrogen (secondary N) is 1. The SMILES string of the molecule is C[C@@](C#N)(NC(=O)COC(=O)c1ccc(Cl)c([N+](=O)[O-])c1)C1CC1. The molecule has 1 atom stereocenters. The maximum absolute atomic E-state index is 11.9. The summed E-state index contributed by atoms with van der Waals surface area (Å²) in [5, 5.41) is 22.4. The van der Waals surface area contributed by atoms with Crippen molar-refractivity contribution in [3.8, 4) is 6.07 Å². The Morgan fingerprint density at radius 1 is 1.54 bits per heavy atom. The molecule has 1 aromatic carbocycles. The van der Waals surface area contributed by atoms with Crippen LogP contribution in [0.1, 0.15) is 30.1 Å². The van der Waals surface area contributed by atoms with E-state index in [1.54, 1.807) is 6.92 Å². The summed E-state index contributed by atoms with van der Waals surface area (Å²) in [5.41, 5.74) is -1.51. The quantitative estimate of drug-likeness (QED) is 0.476. The Morgan fingerprint density at radius 3 is 2.75 bits per heavy atom. The molecular formula is C15H14ClN3O5. The van der Waals surface area contributed by atoms with Gasteiger partial charge in [-0.25, -0.2) is 4.79 Å². The number of ether oxygens (including phenoxy) is 1. The normalized spacial score (nSPS) is 15.7. The molecule has 0 saturated heterocycles. The summed E-state index contributed by atoms with van der Waals surface area (Å²) in [6.45, 7) is 1.03. The van der Waals surface area contributed by atoms with Crippen molar-refractivity contribution in [2.75, 3.05) is 6.61 Å². The van der Waals surface area contributed by atoms with E-state index in [-0.39, 0.29) is 16.5 Å². The highest BCUT2D eigenvalue weighted by atomic mass is 35.5. The molecule has 2 rings (SSSR count). The lowest BCUT2D eigenvalue weighted by Gasteiger charge is -2.22. The van der Waals surface area contributed by atoms with Gasteiger partial charge in [-0.1, -0.05) is 11.6 Å². The van der Waals surface area contributed by atoms with E-state index in [4.69, 9.17) is 21.6 Å². The van der Waals surface area contributed by atoms with Crippen LogP contribution >= 0.6 is 11.6 Å². The summed E-state index contributed by atoms with van der Waals surface area (Å²) in [6, 6.07) is 5.50. The number of benzene rings is 1. The Hall–Kier alpha value is -2.66. The van der Waals surface area contributed by atoms with Crippen molar-refractivity contribution in [3.05, 3.63) is 38.9 Å². The van der Waals surface area contributed by atoms with Crippen molar-refractivity contribution in [1.82, 2.24) is 5.32 Å². The van der Waals surface area contributed by atoms with Gasteiger partial charge in [0, 0.05) is 6.07 Å². The lowest BCUT2D eigenvalue weighted by molar-refractivity contribution is -0.384. The smallest absolute Gasteiger partial charge is 0.338 e. The van der Waals surface area contributed by atoms with E-state index in [1.807, 2.05) is 0 Å². The number of halogens is 1. The maximum atomic E-state index is 11.9. The molecule has 1 aromatic rings. The van der Waals surface area contributed by atoms with Gasteiger partial charge >= 0.3 is 5.97 Å². The third kappa shape index (κ3) is 4.00. The average molecular weight is 352 g/mol. The molecule has 8 nitrogen and oxygen atoms in total. The maximum Gasteiger partial charge on any atom is 0.338 e. The van der Waals surface area contributed by atoms with Crippen molar-refractivity contribution in [2.45, 2.75) is 25.3 Å². The predicted octanol–water partition coefficient (Wildman–Crippen LogP) is 2.21. The minimum atomic E-state index is -0.984. The first-order valence-corrected chi connectivity index (χ1v) is 7.48. The number of nitrogens with zero attached hydrogens (tertiary/aromatic N) is 2. The number of carbonyl (C=O) groups excluding carboxylic acids is 2. The summed E-state index contributed by atoms with van der Waals surface area (Å²) in [6.07, 6.45) is 1.72. The lowest BCUT2D eigenvalue weighted by Crippen LogP contribution is -2.48. The summed E-state index contributed by atoms with van der Waals surface area (Å²) in [5.74, 6) is -1.40. The first-order chi connectivity index (χ1) is 11.3. The number of hydrogen-bond donors (Lipinski definition) is 1. The first kappa shape index (κ1) is 17.7. The second-order valence-corrected chi connectivity index (χ2v) is 6.04. The topological polar surface area (TPSA) is 122 Å². The Bertz CT molecular complexity index is 741. The van der Waals surface area contributed by atoms with Gasteiger partial charge in [-0.05, 0) is 37.8 Å². The molecule has 0 aliphatic heterocycles. The highest BCUT2D eigenvalue weighted by Crippen LogP contribution is 2.39. The van der Waals surface area contributed by atoms with Gasteiger partial charge in [-0.2, -0.15) is 5.26 Å². The van der Waals surface area contributed by atoms with E-state index >= 15 is 0 Å². The number of nitro groups is 1. The van der Waals surface area contributed by atoms with Crippen LogP contribution in [0.3, 0.4) is 0 Å².